The SMILES string of the molecule is CSc1nccc(CC(=O)c2cc(F)cc(CC(C)(C)C(N)=O)c2Cl)n1. The molecule has 0 saturated carbocycles. The van der Waals surface area contributed by atoms with Crippen molar-refractivity contribution in [2.45, 2.75) is 31.8 Å². The largest absolute Gasteiger partial charge is 0.369 e. The number of hydrogen-bond donors (Lipinski definition) is 1. The molecule has 26 heavy (non-hydrogen) atoms. The van der Waals surface area contributed by atoms with Crippen LogP contribution in [0.4, 0.5) is 4.39 Å². The lowest BCUT2D eigenvalue weighted by atomic mass is 9.84. The molecule has 0 bridgehead atoms. The lowest BCUT2D eigenvalue weighted by Crippen LogP contribution is -2.33. The van der Waals surface area contributed by atoms with Gasteiger partial charge >= 0.3 is 0 Å². The minimum Gasteiger partial charge on any atom is -0.369 e. The molecule has 8 heteroatoms. The highest BCUT2D eigenvalue weighted by molar-refractivity contribution is 7.98. The second-order valence-electron chi connectivity index (χ2n) is 6.49. The molecule has 1 heterocycles. The number of ketones is 1. The number of nitrogens with zero attached hydrogens (tertiary/aromatic N) is 2. The zero-order valence-electron chi connectivity index (χ0n) is 14.7. The highest BCUT2D eigenvalue weighted by atomic mass is 35.5. The second-order valence-corrected chi connectivity index (χ2v) is 7.64. The van der Waals surface area contributed by atoms with Crippen molar-refractivity contribution in [2.75, 3.05) is 6.26 Å². The third kappa shape index (κ3) is 4.80. The molecule has 1 amide bonds. The molecule has 0 aliphatic heterocycles. The molecule has 2 N–H and O–H groups in total. The van der Waals surface area contributed by atoms with Gasteiger partial charge in [0.25, 0.3) is 0 Å². The van der Waals surface area contributed by atoms with Crippen LogP contribution in [0.15, 0.2) is 29.6 Å². The molecule has 0 saturated heterocycles. The van der Waals surface area contributed by atoms with E-state index in [1.165, 1.54) is 17.8 Å². The molecule has 0 spiro atoms. The number of carbonyl (C=O) groups is 2. The molecule has 2 rings (SSSR count). The van der Waals surface area contributed by atoms with E-state index in [4.69, 9.17) is 17.3 Å². The maximum Gasteiger partial charge on any atom is 0.223 e. The van der Waals surface area contributed by atoms with Crippen LogP contribution < -0.4 is 5.73 Å². The smallest absolute Gasteiger partial charge is 0.223 e. The van der Waals surface area contributed by atoms with Gasteiger partial charge in [-0.25, -0.2) is 14.4 Å². The first-order valence-electron chi connectivity index (χ1n) is 7.81. The van der Waals surface area contributed by atoms with Crippen LogP contribution in [0.5, 0.6) is 0 Å². The molecule has 1 aromatic carbocycles. The monoisotopic (exact) mass is 395 g/mol. The van der Waals surface area contributed by atoms with Gasteiger partial charge in [-0.15, -0.1) is 0 Å². The zero-order chi connectivity index (χ0) is 19.5. The zero-order valence-corrected chi connectivity index (χ0v) is 16.2. The van der Waals surface area contributed by atoms with E-state index in [0.29, 0.717) is 16.4 Å². The van der Waals surface area contributed by atoms with Crippen LogP contribution in [0, 0.1) is 11.2 Å². The topological polar surface area (TPSA) is 85.9 Å². The third-order valence-electron chi connectivity index (χ3n) is 3.93. The number of nitrogens with two attached hydrogens (primary N) is 1. The summed E-state index contributed by atoms with van der Waals surface area (Å²) in [5.41, 5.74) is 5.41. The van der Waals surface area contributed by atoms with E-state index in [0.717, 1.165) is 6.07 Å². The second kappa shape index (κ2) is 8.14. The first-order chi connectivity index (χ1) is 12.1. The van der Waals surface area contributed by atoms with Gasteiger partial charge in [0.05, 0.1) is 17.1 Å². The van der Waals surface area contributed by atoms with Gasteiger partial charge in [0.2, 0.25) is 5.91 Å². The molecule has 0 unspecified atom stereocenters. The summed E-state index contributed by atoms with van der Waals surface area (Å²) in [6.45, 7) is 3.28. The van der Waals surface area contributed by atoms with Crippen molar-refractivity contribution in [2.24, 2.45) is 11.1 Å². The van der Waals surface area contributed by atoms with E-state index in [-0.39, 0.29) is 29.2 Å². The molecule has 2 aromatic rings. The fourth-order valence-corrected chi connectivity index (χ4v) is 3.03. The van der Waals surface area contributed by atoms with Crippen molar-refractivity contribution in [1.29, 1.82) is 0 Å². The Balaban J connectivity index is 2.34. The molecule has 138 valence electrons. The van der Waals surface area contributed by atoms with Gasteiger partial charge in [-0.1, -0.05) is 37.2 Å². The number of amides is 1. The van der Waals surface area contributed by atoms with Gasteiger partial charge in [0.1, 0.15) is 5.82 Å². The van der Waals surface area contributed by atoms with Crippen molar-refractivity contribution < 1.29 is 14.0 Å². The number of thioether (sulfide) groups is 1. The van der Waals surface area contributed by atoms with Gasteiger partial charge in [-0.2, -0.15) is 0 Å². The number of aromatic nitrogens is 2. The number of rotatable bonds is 7. The first-order valence-corrected chi connectivity index (χ1v) is 9.41. The van der Waals surface area contributed by atoms with E-state index in [2.05, 4.69) is 9.97 Å². The Morgan fingerprint density at radius 3 is 2.65 bits per heavy atom. The number of benzene rings is 1. The van der Waals surface area contributed by atoms with Crippen LogP contribution in [0.2, 0.25) is 5.02 Å². The Morgan fingerprint density at radius 1 is 1.35 bits per heavy atom. The molecule has 0 radical (unpaired) electrons. The molecular formula is C18H19ClFN3O2S. The van der Waals surface area contributed by atoms with E-state index in [1.807, 2.05) is 6.26 Å². The van der Waals surface area contributed by atoms with Gasteiger partial charge in [0.15, 0.2) is 10.9 Å². The Labute approximate surface area is 160 Å². The standard InChI is InChI=1S/C18H19ClFN3O2S/c1-18(2,16(21)25)9-10-6-11(20)7-13(15(10)19)14(24)8-12-4-5-22-17(23-12)26-3/h4-7H,8-9H2,1-3H3,(H2,21,25). The predicted octanol–water partition coefficient (Wildman–Crippen LogP) is 3.47. The highest BCUT2D eigenvalue weighted by Gasteiger charge is 2.28. The van der Waals surface area contributed by atoms with Crippen molar-refractivity contribution >= 4 is 35.1 Å². The summed E-state index contributed by atoms with van der Waals surface area (Å²) >= 11 is 7.69. The quantitative estimate of drug-likeness (QED) is 0.440. The molecule has 0 fully saturated rings. The minimum absolute atomic E-state index is 0.0299. The fourth-order valence-electron chi connectivity index (χ4n) is 2.37. The number of halogens is 2. The molecule has 0 aliphatic rings. The number of primary amides is 1. The van der Waals surface area contributed by atoms with Crippen molar-refractivity contribution in [3.05, 3.63) is 52.1 Å². The number of hydrogen-bond acceptors (Lipinski definition) is 5. The highest BCUT2D eigenvalue weighted by Crippen LogP contribution is 2.30. The summed E-state index contributed by atoms with van der Waals surface area (Å²) in [6, 6.07) is 3.95. The van der Waals surface area contributed by atoms with Gasteiger partial charge in [-0.05, 0) is 36.4 Å². The van der Waals surface area contributed by atoms with Crippen molar-refractivity contribution in [3.63, 3.8) is 0 Å². The van der Waals surface area contributed by atoms with Crippen LogP contribution in [0.25, 0.3) is 0 Å². The van der Waals surface area contributed by atoms with Crippen LogP contribution in [-0.4, -0.2) is 27.9 Å². The number of Topliss-reactive ketones (excluding diaryl/α,β-unsaturated/α-hetero) is 1. The Kier molecular flexibility index (Phi) is 6.36. The summed E-state index contributed by atoms with van der Waals surface area (Å²) in [4.78, 5) is 32.5. The van der Waals surface area contributed by atoms with Gasteiger partial charge in [-0.3, -0.25) is 9.59 Å². The maximum atomic E-state index is 14.0. The third-order valence-corrected chi connectivity index (χ3v) is 4.94. The van der Waals surface area contributed by atoms with E-state index in [9.17, 15) is 14.0 Å². The summed E-state index contributed by atoms with van der Waals surface area (Å²) < 4.78 is 14.0. The number of carbonyl (C=O) groups excluding carboxylic acids is 2. The fraction of sp³-hybridized carbons (Fsp3) is 0.333. The minimum atomic E-state index is -0.919. The predicted molar refractivity (Wildman–Crippen MR) is 99.9 cm³/mol. The maximum absolute atomic E-state index is 14.0. The van der Waals surface area contributed by atoms with E-state index < -0.39 is 17.1 Å². The van der Waals surface area contributed by atoms with Gasteiger partial charge < -0.3 is 5.73 Å². The summed E-state index contributed by atoms with van der Waals surface area (Å²) in [5.74, 6) is -1.49. The van der Waals surface area contributed by atoms with Crippen molar-refractivity contribution in [3.8, 4) is 0 Å². The Bertz CT molecular complexity index is 858. The van der Waals surface area contributed by atoms with E-state index in [1.54, 1.807) is 26.1 Å². The summed E-state index contributed by atoms with van der Waals surface area (Å²) in [7, 11) is 0. The molecule has 0 aliphatic carbocycles. The summed E-state index contributed by atoms with van der Waals surface area (Å²) in [5, 5.41) is 0.675. The van der Waals surface area contributed by atoms with Gasteiger partial charge in [0, 0.05) is 17.2 Å². The molecular weight excluding hydrogens is 377 g/mol. The van der Waals surface area contributed by atoms with Crippen LogP contribution in [-0.2, 0) is 17.6 Å². The van der Waals surface area contributed by atoms with Crippen LogP contribution >= 0.6 is 23.4 Å². The lowest BCUT2D eigenvalue weighted by molar-refractivity contribution is -0.125. The molecule has 0 atom stereocenters. The Hall–Kier alpha value is -1.99. The average Bonchev–Trinajstić information content (AvgIpc) is 2.57. The molecule has 1 aromatic heterocycles. The molecule has 5 nitrogen and oxygen atoms in total. The average molecular weight is 396 g/mol. The van der Waals surface area contributed by atoms with E-state index >= 15 is 0 Å². The normalized spacial score (nSPS) is 11.4. The van der Waals surface area contributed by atoms with Crippen LogP contribution in [0.3, 0.4) is 0 Å². The Morgan fingerprint density at radius 2 is 2.04 bits per heavy atom. The summed E-state index contributed by atoms with van der Waals surface area (Å²) in [6.07, 6.45) is 3.49. The van der Waals surface area contributed by atoms with Crippen LogP contribution in [0.1, 0.15) is 35.5 Å². The first kappa shape index (κ1) is 20.3. The lowest BCUT2D eigenvalue weighted by Gasteiger charge is -2.21. The van der Waals surface area contributed by atoms with Crippen molar-refractivity contribution in [1.82, 2.24) is 9.97 Å².